The van der Waals surface area contributed by atoms with Crippen LogP contribution < -0.4 is 0 Å². The van der Waals surface area contributed by atoms with Crippen LogP contribution in [0.2, 0.25) is 0 Å². The minimum Gasteiger partial charge on any atom is -0.465 e. The molecule has 1 saturated carbocycles. The smallest absolute Gasteiger partial charge is 0.341 e. The summed E-state index contributed by atoms with van der Waals surface area (Å²) < 4.78 is 10.4. The summed E-state index contributed by atoms with van der Waals surface area (Å²) in [6.07, 6.45) is 4.83. The number of aliphatic hydroxyl groups excluding tert-OH is 1. The lowest BCUT2D eigenvalue weighted by molar-refractivity contribution is 0.0599. The van der Waals surface area contributed by atoms with Crippen LogP contribution in [0.5, 0.6) is 0 Å². The number of carbonyl (C=O) groups is 1. The molecule has 1 fully saturated rings. The van der Waals surface area contributed by atoms with E-state index >= 15 is 0 Å². The highest BCUT2D eigenvalue weighted by Crippen LogP contribution is 2.26. The molecule has 1 aliphatic carbocycles. The Kier molecular flexibility index (Phi) is 5.20. The van der Waals surface area contributed by atoms with Crippen LogP contribution in [0.1, 0.15) is 47.6 Å². The SMILES string of the molecule is COC(=O)c1cc(CN(CCO)C2CCCC2)oc1C. The number of ether oxygens (including phenoxy) is 1. The lowest BCUT2D eigenvalue weighted by Gasteiger charge is -2.26. The third-order valence-electron chi connectivity index (χ3n) is 3.96. The van der Waals surface area contributed by atoms with Crippen molar-refractivity contribution in [2.45, 2.75) is 45.2 Å². The lowest BCUT2D eigenvalue weighted by atomic mass is 10.2. The molecule has 1 heterocycles. The van der Waals surface area contributed by atoms with Crippen LogP contribution in [-0.4, -0.2) is 42.3 Å². The van der Waals surface area contributed by atoms with Crippen molar-refractivity contribution in [3.63, 3.8) is 0 Å². The van der Waals surface area contributed by atoms with E-state index in [0.717, 1.165) is 5.76 Å². The zero-order chi connectivity index (χ0) is 14.5. The number of methoxy groups -OCH3 is 1. The van der Waals surface area contributed by atoms with Gasteiger partial charge in [0, 0.05) is 12.6 Å². The molecule has 1 N–H and O–H groups in total. The van der Waals surface area contributed by atoms with Gasteiger partial charge in [-0.25, -0.2) is 4.79 Å². The van der Waals surface area contributed by atoms with E-state index in [9.17, 15) is 9.90 Å². The number of nitrogens with zero attached hydrogens (tertiary/aromatic N) is 1. The summed E-state index contributed by atoms with van der Waals surface area (Å²) in [4.78, 5) is 13.8. The molecule has 5 heteroatoms. The molecule has 0 aromatic carbocycles. The van der Waals surface area contributed by atoms with Crippen molar-refractivity contribution in [2.24, 2.45) is 0 Å². The van der Waals surface area contributed by atoms with E-state index in [1.807, 2.05) is 0 Å². The largest absolute Gasteiger partial charge is 0.465 e. The first-order chi connectivity index (χ1) is 9.65. The minimum absolute atomic E-state index is 0.139. The molecule has 112 valence electrons. The summed E-state index contributed by atoms with van der Waals surface area (Å²) in [5.74, 6) is 0.970. The number of rotatable bonds is 6. The Balaban J connectivity index is 2.08. The number of esters is 1. The Morgan fingerprint density at radius 1 is 1.50 bits per heavy atom. The third-order valence-corrected chi connectivity index (χ3v) is 3.96. The van der Waals surface area contributed by atoms with Crippen molar-refractivity contribution >= 4 is 5.97 Å². The molecule has 1 aliphatic rings. The predicted octanol–water partition coefficient (Wildman–Crippen LogP) is 2.11. The molecule has 1 aromatic heterocycles. The molecular formula is C15H23NO4. The van der Waals surface area contributed by atoms with E-state index in [2.05, 4.69) is 4.90 Å². The van der Waals surface area contributed by atoms with E-state index in [0.29, 0.717) is 30.5 Å². The van der Waals surface area contributed by atoms with Crippen LogP contribution >= 0.6 is 0 Å². The Labute approximate surface area is 119 Å². The van der Waals surface area contributed by atoms with Gasteiger partial charge >= 0.3 is 5.97 Å². The second kappa shape index (κ2) is 6.90. The Morgan fingerprint density at radius 3 is 2.80 bits per heavy atom. The number of aliphatic hydroxyl groups is 1. The average Bonchev–Trinajstić information content (AvgIpc) is 3.07. The van der Waals surface area contributed by atoms with Gasteiger partial charge in [-0.3, -0.25) is 4.90 Å². The van der Waals surface area contributed by atoms with Crippen LogP contribution in [0, 0.1) is 6.92 Å². The van der Waals surface area contributed by atoms with Crippen molar-refractivity contribution in [1.82, 2.24) is 4.90 Å². The summed E-state index contributed by atoms with van der Waals surface area (Å²) in [5.41, 5.74) is 0.484. The molecule has 0 unspecified atom stereocenters. The van der Waals surface area contributed by atoms with Crippen molar-refractivity contribution in [2.75, 3.05) is 20.3 Å². The predicted molar refractivity (Wildman–Crippen MR) is 74.5 cm³/mol. The molecule has 0 saturated heterocycles. The van der Waals surface area contributed by atoms with Gasteiger partial charge in [-0.15, -0.1) is 0 Å². The van der Waals surface area contributed by atoms with Crippen LogP contribution in [0.4, 0.5) is 0 Å². The van der Waals surface area contributed by atoms with Gasteiger partial charge < -0.3 is 14.3 Å². The van der Waals surface area contributed by atoms with E-state index in [-0.39, 0.29) is 12.6 Å². The molecule has 0 amide bonds. The highest BCUT2D eigenvalue weighted by molar-refractivity contribution is 5.90. The lowest BCUT2D eigenvalue weighted by Crippen LogP contribution is -2.34. The maximum Gasteiger partial charge on any atom is 0.341 e. The van der Waals surface area contributed by atoms with E-state index in [1.54, 1.807) is 13.0 Å². The molecule has 2 rings (SSSR count). The third kappa shape index (κ3) is 3.41. The zero-order valence-electron chi connectivity index (χ0n) is 12.2. The standard InChI is InChI=1S/C15H23NO4/c1-11-14(15(18)19-2)9-13(20-11)10-16(7-8-17)12-5-3-4-6-12/h9,12,17H,3-8,10H2,1-2H3. The number of hydrogen-bond acceptors (Lipinski definition) is 5. The van der Waals surface area contributed by atoms with Gasteiger partial charge in [-0.1, -0.05) is 12.8 Å². The molecule has 0 bridgehead atoms. The van der Waals surface area contributed by atoms with Crippen molar-refractivity contribution < 1.29 is 19.1 Å². The number of aryl methyl sites for hydroxylation is 1. The van der Waals surface area contributed by atoms with Crippen molar-refractivity contribution in [1.29, 1.82) is 0 Å². The van der Waals surface area contributed by atoms with Gasteiger partial charge in [0.1, 0.15) is 17.1 Å². The molecule has 0 aliphatic heterocycles. The van der Waals surface area contributed by atoms with Crippen LogP contribution in [-0.2, 0) is 11.3 Å². The van der Waals surface area contributed by atoms with Crippen LogP contribution in [0.3, 0.4) is 0 Å². The summed E-state index contributed by atoms with van der Waals surface area (Å²) >= 11 is 0. The van der Waals surface area contributed by atoms with Gasteiger partial charge in [0.15, 0.2) is 0 Å². The number of furan rings is 1. The first kappa shape index (κ1) is 15.1. The van der Waals surface area contributed by atoms with E-state index in [4.69, 9.17) is 9.15 Å². The monoisotopic (exact) mass is 281 g/mol. The Hall–Kier alpha value is -1.33. The maximum absolute atomic E-state index is 11.6. The summed E-state index contributed by atoms with van der Waals surface area (Å²) in [7, 11) is 1.37. The fraction of sp³-hybridized carbons (Fsp3) is 0.667. The van der Waals surface area contributed by atoms with Gasteiger partial charge in [0.05, 0.1) is 20.3 Å². The van der Waals surface area contributed by atoms with Gasteiger partial charge in [-0.2, -0.15) is 0 Å². The highest BCUT2D eigenvalue weighted by atomic mass is 16.5. The highest BCUT2D eigenvalue weighted by Gasteiger charge is 2.24. The fourth-order valence-corrected chi connectivity index (χ4v) is 2.92. The first-order valence-corrected chi connectivity index (χ1v) is 7.18. The summed E-state index contributed by atoms with van der Waals surface area (Å²) in [5, 5.41) is 9.21. The molecule has 5 nitrogen and oxygen atoms in total. The molecular weight excluding hydrogens is 258 g/mol. The summed E-state index contributed by atoms with van der Waals surface area (Å²) in [6, 6.07) is 2.26. The topological polar surface area (TPSA) is 62.9 Å². The minimum atomic E-state index is -0.368. The van der Waals surface area contributed by atoms with Gasteiger partial charge in [0.2, 0.25) is 0 Å². The summed E-state index contributed by atoms with van der Waals surface area (Å²) in [6.45, 7) is 3.17. The quantitative estimate of drug-likeness (QED) is 0.809. The molecule has 0 spiro atoms. The van der Waals surface area contributed by atoms with Crippen molar-refractivity contribution in [3.8, 4) is 0 Å². The normalized spacial score (nSPS) is 16.0. The molecule has 0 atom stereocenters. The first-order valence-electron chi connectivity index (χ1n) is 7.18. The second-order valence-electron chi connectivity index (χ2n) is 5.31. The van der Waals surface area contributed by atoms with Crippen molar-refractivity contribution in [3.05, 3.63) is 23.2 Å². The van der Waals surface area contributed by atoms with Crippen LogP contribution in [0.25, 0.3) is 0 Å². The van der Waals surface area contributed by atoms with E-state index < -0.39 is 0 Å². The van der Waals surface area contributed by atoms with E-state index in [1.165, 1.54) is 32.8 Å². The second-order valence-corrected chi connectivity index (χ2v) is 5.31. The maximum atomic E-state index is 11.6. The molecule has 0 radical (unpaired) electrons. The Bertz CT molecular complexity index is 449. The number of hydrogen-bond donors (Lipinski definition) is 1. The van der Waals surface area contributed by atoms with Gasteiger partial charge in [0.25, 0.3) is 0 Å². The zero-order valence-corrected chi connectivity index (χ0v) is 12.2. The van der Waals surface area contributed by atoms with Gasteiger partial charge in [-0.05, 0) is 25.8 Å². The fourth-order valence-electron chi connectivity index (χ4n) is 2.92. The number of carbonyl (C=O) groups excluding carboxylic acids is 1. The molecule has 20 heavy (non-hydrogen) atoms. The average molecular weight is 281 g/mol. The van der Waals surface area contributed by atoms with Crippen LogP contribution in [0.15, 0.2) is 10.5 Å². The molecule has 1 aromatic rings. The Morgan fingerprint density at radius 2 is 2.20 bits per heavy atom.